The number of hydrogen-bond acceptors (Lipinski definition) is 6. The number of amides is 1. The smallest absolute Gasteiger partial charge is 0.410 e. The summed E-state index contributed by atoms with van der Waals surface area (Å²) in [5, 5.41) is 12.5. The van der Waals surface area contributed by atoms with E-state index in [2.05, 4.69) is 10.3 Å². The van der Waals surface area contributed by atoms with E-state index in [1.54, 1.807) is 5.38 Å². The monoisotopic (exact) mass is 278 g/mol. The maximum absolute atomic E-state index is 12.0. The predicted molar refractivity (Wildman–Crippen MR) is 61.6 cm³/mol. The van der Waals surface area contributed by atoms with Crippen LogP contribution in [-0.4, -0.2) is 29.4 Å². The molecule has 0 aromatic carbocycles. The predicted octanol–water partition coefficient (Wildman–Crippen LogP) is 2.36. The van der Waals surface area contributed by atoms with Crippen molar-refractivity contribution >= 4 is 30.2 Å². The minimum Gasteiger partial charge on any atom is -0.465 e. The SMILES string of the molecule is O=C(O)Nc1nc(CP2(=O)OCCCO2)cs1. The molecule has 94 valence electrons. The lowest BCUT2D eigenvalue weighted by Crippen LogP contribution is -2.10. The number of nitrogens with one attached hydrogen (secondary N) is 1. The fraction of sp³-hybridized carbons (Fsp3) is 0.500. The van der Waals surface area contributed by atoms with E-state index < -0.39 is 13.7 Å². The molecule has 1 fully saturated rings. The number of hydrogen-bond donors (Lipinski definition) is 2. The van der Waals surface area contributed by atoms with Gasteiger partial charge in [0.2, 0.25) is 0 Å². The van der Waals surface area contributed by atoms with E-state index in [4.69, 9.17) is 14.2 Å². The van der Waals surface area contributed by atoms with Gasteiger partial charge in [-0.2, -0.15) is 0 Å². The van der Waals surface area contributed by atoms with Crippen LogP contribution in [0.2, 0.25) is 0 Å². The Morgan fingerprint density at radius 2 is 2.29 bits per heavy atom. The van der Waals surface area contributed by atoms with Gasteiger partial charge in [0.15, 0.2) is 5.13 Å². The lowest BCUT2D eigenvalue weighted by Gasteiger charge is -2.21. The Balaban J connectivity index is 2.00. The van der Waals surface area contributed by atoms with E-state index in [0.29, 0.717) is 18.9 Å². The fourth-order valence-electron chi connectivity index (χ4n) is 1.32. The zero-order valence-electron chi connectivity index (χ0n) is 8.79. The van der Waals surface area contributed by atoms with Crippen LogP contribution in [-0.2, 0) is 19.8 Å². The highest BCUT2D eigenvalue weighted by molar-refractivity contribution is 7.53. The average Bonchev–Trinajstić information content (AvgIpc) is 2.64. The quantitative estimate of drug-likeness (QED) is 0.824. The van der Waals surface area contributed by atoms with Gasteiger partial charge in [-0.1, -0.05) is 0 Å². The van der Waals surface area contributed by atoms with Crippen LogP contribution >= 0.6 is 18.9 Å². The average molecular weight is 278 g/mol. The molecule has 0 unspecified atom stereocenters. The molecule has 0 spiro atoms. The summed E-state index contributed by atoms with van der Waals surface area (Å²) in [5.41, 5.74) is 0.504. The minimum atomic E-state index is -3.09. The molecule has 0 bridgehead atoms. The minimum absolute atomic E-state index is 0.0742. The number of rotatable bonds is 3. The van der Waals surface area contributed by atoms with Crippen LogP contribution in [0.5, 0.6) is 0 Å². The zero-order chi connectivity index (χ0) is 12.3. The molecule has 0 radical (unpaired) electrons. The topological polar surface area (TPSA) is 97.8 Å². The molecule has 1 aliphatic heterocycles. The van der Waals surface area contributed by atoms with Gasteiger partial charge in [0.25, 0.3) is 0 Å². The first-order chi connectivity index (χ1) is 8.07. The van der Waals surface area contributed by atoms with E-state index in [0.717, 1.165) is 17.8 Å². The molecule has 1 saturated heterocycles. The van der Waals surface area contributed by atoms with Gasteiger partial charge < -0.3 is 14.2 Å². The molecule has 7 nitrogen and oxygen atoms in total. The fourth-order valence-corrected chi connectivity index (χ4v) is 3.78. The molecule has 1 aromatic rings. The van der Waals surface area contributed by atoms with Gasteiger partial charge >= 0.3 is 13.7 Å². The molecule has 1 amide bonds. The van der Waals surface area contributed by atoms with Gasteiger partial charge in [0.1, 0.15) is 0 Å². The summed E-state index contributed by atoms with van der Waals surface area (Å²) in [4.78, 5) is 14.4. The third kappa shape index (κ3) is 3.50. The van der Waals surface area contributed by atoms with Crippen LogP contribution in [0.3, 0.4) is 0 Å². The third-order valence-electron chi connectivity index (χ3n) is 1.99. The van der Waals surface area contributed by atoms with E-state index in [9.17, 15) is 9.36 Å². The Morgan fingerprint density at radius 1 is 1.59 bits per heavy atom. The number of aromatic nitrogens is 1. The first kappa shape index (κ1) is 12.5. The second-order valence-electron chi connectivity index (χ2n) is 3.36. The molecule has 0 saturated carbocycles. The Hall–Kier alpha value is -0.950. The number of carboxylic acid groups (broad SMARTS) is 1. The maximum atomic E-state index is 12.0. The van der Waals surface area contributed by atoms with E-state index in [1.165, 1.54) is 0 Å². The molecule has 9 heteroatoms. The number of nitrogens with zero attached hydrogens (tertiary/aromatic N) is 1. The highest BCUT2D eigenvalue weighted by atomic mass is 32.1. The van der Waals surface area contributed by atoms with Crippen LogP contribution in [0.15, 0.2) is 5.38 Å². The van der Waals surface area contributed by atoms with Gasteiger partial charge in [0.05, 0.1) is 25.1 Å². The second kappa shape index (κ2) is 5.14. The Kier molecular flexibility index (Phi) is 3.78. The van der Waals surface area contributed by atoms with E-state index >= 15 is 0 Å². The lowest BCUT2D eigenvalue weighted by molar-refractivity contribution is 0.145. The molecule has 1 aliphatic rings. The van der Waals surface area contributed by atoms with Crippen LogP contribution in [0, 0.1) is 0 Å². The van der Waals surface area contributed by atoms with Crippen molar-refractivity contribution < 1.29 is 23.5 Å². The molecule has 17 heavy (non-hydrogen) atoms. The first-order valence-corrected chi connectivity index (χ1v) is 7.51. The van der Waals surface area contributed by atoms with Gasteiger partial charge in [-0.3, -0.25) is 9.88 Å². The number of anilines is 1. The summed E-state index contributed by atoms with van der Waals surface area (Å²) in [7, 11) is -3.09. The van der Waals surface area contributed by atoms with E-state index in [1.807, 2.05) is 0 Å². The molecule has 0 aliphatic carbocycles. The molecule has 2 rings (SSSR count). The normalized spacial score (nSPS) is 18.8. The molecule has 1 aromatic heterocycles. The van der Waals surface area contributed by atoms with Crippen molar-refractivity contribution in [2.45, 2.75) is 12.6 Å². The lowest BCUT2D eigenvalue weighted by atomic mass is 10.5. The first-order valence-electron chi connectivity index (χ1n) is 4.90. The van der Waals surface area contributed by atoms with Crippen LogP contribution in [0.1, 0.15) is 12.1 Å². The second-order valence-corrected chi connectivity index (χ2v) is 6.28. The number of thiazole rings is 1. The summed E-state index contributed by atoms with van der Waals surface area (Å²) in [6.45, 7) is 0.837. The van der Waals surface area contributed by atoms with Crippen molar-refractivity contribution in [2.75, 3.05) is 18.5 Å². The number of carbonyl (C=O) groups is 1. The Morgan fingerprint density at radius 3 is 2.94 bits per heavy atom. The summed E-state index contributed by atoms with van der Waals surface area (Å²) in [5.74, 6) is 0. The van der Waals surface area contributed by atoms with Crippen molar-refractivity contribution in [2.24, 2.45) is 0 Å². The summed E-state index contributed by atoms with van der Waals surface area (Å²) in [6, 6.07) is 0. The summed E-state index contributed by atoms with van der Waals surface area (Å²) in [6.07, 6.45) is -0.375. The maximum Gasteiger partial charge on any atom is 0.410 e. The third-order valence-corrected chi connectivity index (χ3v) is 4.66. The Bertz CT molecular complexity index is 453. The zero-order valence-corrected chi connectivity index (χ0v) is 10.5. The molecular weight excluding hydrogens is 267 g/mol. The van der Waals surface area contributed by atoms with Gasteiger partial charge in [-0.05, 0) is 6.42 Å². The highest BCUT2D eigenvalue weighted by Gasteiger charge is 2.29. The largest absolute Gasteiger partial charge is 0.465 e. The van der Waals surface area contributed by atoms with Crippen molar-refractivity contribution in [1.82, 2.24) is 4.98 Å². The van der Waals surface area contributed by atoms with Crippen molar-refractivity contribution in [3.63, 3.8) is 0 Å². The van der Waals surface area contributed by atoms with Gasteiger partial charge in [0, 0.05) is 5.38 Å². The van der Waals surface area contributed by atoms with Crippen molar-refractivity contribution in [3.05, 3.63) is 11.1 Å². The molecule has 2 heterocycles. The molecule has 0 atom stereocenters. The van der Waals surface area contributed by atoms with Crippen molar-refractivity contribution in [3.8, 4) is 0 Å². The Labute approximate surface area is 101 Å². The van der Waals surface area contributed by atoms with Gasteiger partial charge in [-0.15, -0.1) is 11.3 Å². The van der Waals surface area contributed by atoms with E-state index in [-0.39, 0.29) is 11.3 Å². The van der Waals surface area contributed by atoms with Crippen molar-refractivity contribution in [1.29, 1.82) is 0 Å². The van der Waals surface area contributed by atoms with Crippen LogP contribution in [0.25, 0.3) is 0 Å². The van der Waals surface area contributed by atoms with Crippen LogP contribution in [0.4, 0.5) is 9.93 Å². The highest BCUT2D eigenvalue weighted by Crippen LogP contribution is 2.53. The summed E-state index contributed by atoms with van der Waals surface area (Å²) >= 11 is 1.13. The standard InChI is InChI=1S/C8H11N2O5PS/c11-8(12)10-7-9-6(5-17-7)4-16(13)14-2-1-3-15-16/h5H,1-4H2,(H,9,10)(H,11,12). The van der Waals surface area contributed by atoms with Crippen LogP contribution < -0.4 is 5.32 Å². The van der Waals surface area contributed by atoms with Gasteiger partial charge in [-0.25, -0.2) is 9.78 Å². The summed E-state index contributed by atoms with van der Waals surface area (Å²) < 4.78 is 22.3. The molecular formula is C8H11N2O5PS. The molecule has 2 N–H and O–H groups in total.